The lowest BCUT2D eigenvalue weighted by molar-refractivity contribution is -0.135. The number of hydrogen-bond acceptors (Lipinski definition) is 7. The van der Waals surface area contributed by atoms with Gasteiger partial charge in [-0.3, -0.25) is 9.59 Å². The molecule has 0 unspecified atom stereocenters. The van der Waals surface area contributed by atoms with Crippen molar-refractivity contribution in [1.82, 2.24) is 0 Å². The average molecular weight is 549 g/mol. The van der Waals surface area contributed by atoms with Gasteiger partial charge in [0.25, 0.3) is 0 Å². The van der Waals surface area contributed by atoms with Crippen LogP contribution in [0.3, 0.4) is 0 Å². The molecule has 0 spiro atoms. The minimum Gasteiger partial charge on any atom is -0.497 e. The molecule has 0 saturated heterocycles. The number of rotatable bonds is 8. The van der Waals surface area contributed by atoms with Gasteiger partial charge in [-0.05, 0) is 47.5 Å². The summed E-state index contributed by atoms with van der Waals surface area (Å²) in [5, 5.41) is 0. The summed E-state index contributed by atoms with van der Waals surface area (Å²) < 4.78 is 29.1. The first-order chi connectivity index (χ1) is 20.1. The maximum absolute atomic E-state index is 13.3. The van der Waals surface area contributed by atoms with E-state index in [2.05, 4.69) is 0 Å². The van der Waals surface area contributed by atoms with E-state index in [0.717, 1.165) is 22.4 Å². The van der Waals surface area contributed by atoms with Gasteiger partial charge in [0.05, 0.1) is 32.8 Å². The van der Waals surface area contributed by atoms with E-state index in [1.807, 2.05) is 72.8 Å². The average Bonchev–Trinajstić information content (AvgIpc) is 3.32. The van der Waals surface area contributed by atoms with Crippen molar-refractivity contribution in [2.24, 2.45) is 0 Å². The van der Waals surface area contributed by atoms with Crippen LogP contribution in [0.1, 0.15) is 45.0 Å². The van der Waals surface area contributed by atoms with Crippen molar-refractivity contribution in [2.45, 2.75) is 18.8 Å². The number of ether oxygens (including phenoxy) is 5. The van der Waals surface area contributed by atoms with Gasteiger partial charge < -0.3 is 23.7 Å². The maximum Gasteiger partial charge on any atom is 0.312 e. The first-order valence-electron chi connectivity index (χ1n) is 13.3. The Bertz CT molecular complexity index is 1640. The number of para-hydroxylation sites is 1. The van der Waals surface area contributed by atoms with Gasteiger partial charge in [0.1, 0.15) is 17.2 Å². The first-order valence-corrected chi connectivity index (χ1v) is 13.3. The number of carbonyl (C=O) groups excluding carboxylic acids is 2. The number of methoxy groups -OCH3 is 2. The molecule has 6 rings (SSSR count). The van der Waals surface area contributed by atoms with Gasteiger partial charge in [-0.2, -0.15) is 0 Å². The van der Waals surface area contributed by atoms with Gasteiger partial charge in [0.2, 0.25) is 5.78 Å². The Labute approximate surface area is 237 Å². The SMILES string of the molecule is COc1ccc(CCOc2c(OC)cccc2[C@H]2CC(=O)Oc3ccc4c(c32)O/C(=C\c2ccccc2)C4=O)cc1. The molecule has 7 nitrogen and oxygen atoms in total. The highest BCUT2D eigenvalue weighted by atomic mass is 16.5. The lowest BCUT2D eigenvalue weighted by Gasteiger charge is -2.28. The van der Waals surface area contributed by atoms with E-state index in [1.54, 1.807) is 32.4 Å². The molecule has 1 atom stereocenters. The van der Waals surface area contributed by atoms with Crippen molar-refractivity contribution < 1.29 is 33.3 Å². The van der Waals surface area contributed by atoms with Crippen LogP contribution in [-0.4, -0.2) is 32.6 Å². The fourth-order valence-corrected chi connectivity index (χ4v) is 5.26. The van der Waals surface area contributed by atoms with Crippen LogP contribution in [0.25, 0.3) is 6.08 Å². The Morgan fingerprint density at radius 3 is 2.41 bits per heavy atom. The third-order valence-corrected chi connectivity index (χ3v) is 7.28. The second kappa shape index (κ2) is 11.2. The monoisotopic (exact) mass is 548 g/mol. The highest BCUT2D eigenvalue weighted by molar-refractivity contribution is 6.15. The molecule has 7 heteroatoms. The van der Waals surface area contributed by atoms with E-state index in [0.29, 0.717) is 47.2 Å². The summed E-state index contributed by atoms with van der Waals surface area (Å²) in [7, 11) is 3.22. The molecule has 41 heavy (non-hydrogen) atoms. The van der Waals surface area contributed by atoms with Crippen LogP contribution in [0.2, 0.25) is 0 Å². The molecule has 206 valence electrons. The molecule has 2 aliphatic rings. The summed E-state index contributed by atoms with van der Waals surface area (Å²) in [5.74, 6) is 1.79. The van der Waals surface area contributed by atoms with Gasteiger partial charge in [-0.15, -0.1) is 0 Å². The predicted molar refractivity (Wildman–Crippen MR) is 153 cm³/mol. The van der Waals surface area contributed by atoms with Crippen molar-refractivity contribution in [3.63, 3.8) is 0 Å². The Hall–Kier alpha value is -5.04. The van der Waals surface area contributed by atoms with Crippen molar-refractivity contribution in [3.8, 4) is 28.7 Å². The predicted octanol–water partition coefficient (Wildman–Crippen LogP) is 6.38. The molecule has 0 saturated carbocycles. The molecule has 0 aliphatic carbocycles. The van der Waals surface area contributed by atoms with Crippen LogP contribution in [0, 0.1) is 0 Å². The third-order valence-electron chi connectivity index (χ3n) is 7.28. The molecule has 0 fully saturated rings. The highest BCUT2D eigenvalue weighted by Gasteiger charge is 2.39. The van der Waals surface area contributed by atoms with Crippen LogP contribution >= 0.6 is 0 Å². The van der Waals surface area contributed by atoms with Crippen molar-refractivity contribution in [1.29, 1.82) is 0 Å². The van der Waals surface area contributed by atoms with Gasteiger partial charge in [-0.1, -0.05) is 54.6 Å². The second-order valence-electron chi connectivity index (χ2n) is 9.76. The quantitative estimate of drug-likeness (QED) is 0.144. The molecule has 2 aliphatic heterocycles. The number of carbonyl (C=O) groups is 2. The highest BCUT2D eigenvalue weighted by Crippen LogP contribution is 2.51. The zero-order valence-corrected chi connectivity index (χ0v) is 22.7. The van der Waals surface area contributed by atoms with E-state index < -0.39 is 5.92 Å². The zero-order valence-electron chi connectivity index (χ0n) is 22.7. The molecule has 0 bridgehead atoms. The molecular formula is C34H28O7. The topological polar surface area (TPSA) is 80.3 Å². The Kier molecular flexibility index (Phi) is 7.17. The summed E-state index contributed by atoms with van der Waals surface area (Å²) in [6.07, 6.45) is 2.43. The van der Waals surface area contributed by atoms with E-state index in [9.17, 15) is 9.59 Å². The normalized spacial score (nSPS) is 16.4. The number of allylic oxidation sites excluding steroid dienone is 1. The number of ketones is 1. The smallest absolute Gasteiger partial charge is 0.312 e. The molecule has 0 aromatic heterocycles. The molecule has 4 aromatic carbocycles. The van der Waals surface area contributed by atoms with Crippen LogP contribution < -0.4 is 23.7 Å². The maximum atomic E-state index is 13.3. The third kappa shape index (κ3) is 5.14. The van der Waals surface area contributed by atoms with E-state index in [4.69, 9.17) is 23.7 Å². The van der Waals surface area contributed by atoms with Crippen LogP contribution in [0.4, 0.5) is 0 Å². The lowest BCUT2D eigenvalue weighted by atomic mass is 9.84. The lowest BCUT2D eigenvalue weighted by Crippen LogP contribution is -2.22. The van der Waals surface area contributed by atoms with E-state index in [1.165, 1.54) is 0 Å². The summed E-state index contributed by atoms with van der Waals surface area (Å²) in [6.45, 7) is 0.384. The molecule has 0 amide bonds. The van der Waals surface area contributed by atoms with Crippen molar-refractivity contribution in [3.05, 3.63) is 119 Å². The Morgan fingerprint density at radius 1 is 0.854 bits per heavy atom. The van der Waals surface area contributed by atoms with E-state index in [-0.39, 0.29) is 23.9 Å². The van der Waals surface area contributed by atoms with Gasteiger partial charge in [-0.25, -0.2) is 0 Å². The molecule has 4 aromatic rings. The Balaban J connectivity index is 1.36. The molecular weight excluding hydrogens is 520 g/mol. The van der Waals surface area contributed by atoms with Crippen molar-refractivity contribution in [2.75, 3.05) is 20.8 Å². The van der Waals surface area contributed by atoms with Gasteiger partial charge in [0.15, 0.2) is 17.3 Å². The summed E-state index contributed by atoms with van der Waals surface area (Å²) in [5.41, 5.74) is 3.76. The zero-order chi connectivity index (χ0) is 28.3. The van der Waals surface area contributed by atoms with Gasteiger partial charge >= 0.3 is 5.97 Å². The first kappa shape index (κ1) is 26.2. The number of Topliss-reactive ketones (excluding diaryl/α,β-unsaturated/α-hetero) is 1. The fraction of sp³-hybridized carbons (Fsp3) is 0.176. The summed E-state index contributed by atoms with van der Waals surface area (Å²) >= 11 is 0. The minimum absolute atomic E-state index is 0.0563. The molecule has 0 radical (unpaired) electrons. The number of hydrogen-bond donors (Lipinski definition) is 0. The number of benzene rings is 4. The standard InChI is InChI=1S/C34H28O7/c1-37-23-13-11-21(12-14-23)17-18-39-33-24(9-6-10-28(33)38-2)26-20-30(35)40-27-16-15-25-32(36)29(41-34(25)31(26)27)19-22-7-4-3-5-8-22/h3-16,19,26H,17-18,20H2,1-2H3/b29-19-/t26-/m1/s1. The van der Waals surface area contributed by atoms with Crippen LogP contribution in [0.5, 0.6) is 28.7 Å². The van der Waals surface area contributed by atoms with E-state index >= 15 is 0 Å². The van der Waals surface area contributed by atoms with Crippen LogP contribution in [0.15, 0.2) is 90.7 Å². The largest absolute Gasteiger partial charge is 0.497 e. The summed E-state index contributed by atoms with van der Waals surface area (Å²) in [6, 6.07) is 26.2. The number of fused-ring (bicyclic) bond motifs is 3. The second-order valence-corrected chi connectivity index (χ2v) is 9.76. The number of esters is 1. The van der Waals surface area contributed by atoms with Crippen LogP contribution in [-0.2, 0) is 11.2 Å². The summed E-state index contributed by atoms with van der Waals surface area (Å²) in [4.78, 5) is 26.1. The molecule has 0 N–H and O–H groups in total. The van der Waals surface area contributed by atoms with Gasteiger partial charge in [0, 0.05) is 23.5 Å². The minimum atomic E-state index is -0.476. The molecule has 2 heterocycles. The Morgan fingerprint density at radius 2 is 1.66 bits per heavy atom. The van der Waals surface area contributed by atoms with Crippen molar-refractivity contribution >= 4 is 17.8 Å². The fourth-order valence-electron chi connectivity index (χ4n) is 5.26.